The first-order valence-electron chi connectivity index (χ1n) is 17.4. The molecule has 0 amide bonds. The summed E-state index contributed by atoms with van der Waals surface area (Å²) in [4.78, 5) is 50.1. The van der Waals surface area contributed by atoms with E-state index in [1.165, 1.54) is 48.5 Å². The molecule has 2 aromatic carbocycles. The Morgan fingerprint density at radius 3 is 1.73 bits per heavy atom. The fraction of sp³-hybridized carbons (Fsp3) is 0.556. The van der Waals surface area contributed by atoms with E-state index in [-0.39, 0.29) is 11.1 Å². The molecule has 14 unspecified atom stereocenters. The Balaban J connectivity index is 1.54. The minimum atomic E-state index is -2.58. The zero-order valence-electron chi connectivity index (χ0n) is 30.0. The lowest BCUT2D eigenvalue weighted by Crippen LogP contribution is -2.67. The number of aliphatic hydroxyl groups excluding tert-OH is 7. The van der Waals surface area contributed by atoms with Gasteiger partial charge in [0.15, 0.2) is 24.8 Å². The van der Waals surface area contributed by atoms with Crippen molar-refractivity contribution in [2.45, 2.75) is 99.4 Å². The van der Waals surface area contributed by atoms with Crippen LogP contribution in [0.2, 0.25) is 0 Å². The van der Waals surface area contributed by atoms with E-state index in [1.54, 1.807) is 12.1 Å². The van der Waals surface area contributed by atoms with Gasteiger partial charge in [0.2, 0.25) is 5.79 Å². The maximum absolute atomic E-state index is 13.3. The maximum atomic E-state index is 13.3. The average Bonchev–Trinajstić information content (AvgIpc) is 3.45. The summed E-state index contributed by atoms with van der Waals surface area (Å²) in [6.07, 6.45) is -24.2. The Labute approximate surface area is 318 Å². The van der Waals surface area contributed by atoms with Crippen LogP contribution < -0.4 is 0 Å². The van der Waals surface area contributed by atoms with E-state index in [4.69, 9.17) is 42.6 Å². The third-order valence-electron chi connectivity index (χ3n) is 9.15. The number of carbonyl (C=O) groups excluding carboxylic acids is 4. The smallest absolute Gasteiger partial charge is 0.338 e. The zero-order chi connectivity index (χ0) is 40.7. The van der Waals surface area contributed by atoms with E-state index < -0.39 is 136 Å². The van der Waals surface area contributed by atoms with E-state index in [1.807, 2.05) is 0 Å². The fourth-order valence-electron chi connectivity index (χ4n) is 6.27. The molecular weight excluding hydrogens is 752 g/mol. The van der Waals surface area contributed by atoms with E-state index >= 15 is 0 Å². The van der Waals surface area contributed by atoms with E-state index in [9.17, 15) is 54.9 Å². The van der Waals surface area contributed by atoms with E-state index in [0.717, 1.165) is 13.8 Å². The fourth-order valence-corrected chi connectivity index (χ4v) is 6.27. The van der Waals surface area contributed by atoms with Gasteiger partial charge in [-0.25, -0.2) is 9.59 Å². The second-order valence-electron chi connectivity index (χ2n) is 13.1. The molecule has 2 aromatic rings. The van der Waals surface area contributed by atoms with Gasteiger partial charge in [-0.05, 0) is 24.3 Å². The number of hydrogen-bond acceptors (Lipinski definition) is 20. The summed E-state index contributed by atoms with van der Waals surface area (Å²) >= 11 is 0. The molecule has 0 aromatic heterocycles. The van der Waals surface area contributed by atoms with Crippen molar-refractivity contribution >= 4 is 23.9 Å². The Morgan fingerprint density at radius 2 is 1.18 bits per heavy atom. The Kier molecular flexibility index (Phi) is 14.5. The Morgan fingerprint density at radius 1 is 0.625 bits per heavy atom. The minimum absolute atomic E-state index is 0.00925. The number of aliphatic hydroxyl groups is 7. The predicted molar refractivity (Wildman–Crippen MR) is 180 cm³/mol. The van der Waals surface area contributed by atoms with Crippen LogP contribution in [0.1, 0.15) is 34.6 Å². The summed E-state index contributed by atoms with van der Waals surface area (Å²) in [5, 5.41) is 75.8. The molecule has 14 atom stereocenters. The van der Waals surface area contributed by atoms with Crippen molar-refractivity contribution in [3.05, 3.63) is 71.8 Å². The zero-order valence-corrected chi connectivity index (χ0v) is 30.0. The normalized spacial score (nSPS) is 35.6. The highest BCUT2D eigenvalue weighted by Crippen LogP contribution is 2.40. The number of hydrogen-bond donors (Lipinski definition) is 7. The number of ether oxygens (including phenoxy) is 9. The minimum Gasteiger partial charge on any atom is -0.463 e. The molecule has 0 bridgehead atoms. The molecule has 3 fully saturated rings. The standard InChI is InChI=1S/C36H44O20/c1-17(39)48-15-23-24(41)26(43)27(44)34(51-23)53-30-28(45)29(52-32(46)19-9-5-3-6-10-19)22(14-38)50-35(30)56-36(16-49-18(2)40)31(25(42)21(13-37)55-36)54-33(47)20-11-7-4-8-12-20/h3-12,21-31,34-35,37-38,41-45H,13-16H2,1-2H3. The summed E-state index contributed by atoms with van der Waals surface area (Å²) < 4.78 is 50.9. The SMILES string of the molecule is CC(=O)OCC1OC(OC2C(OC3(COC(C)=O)OC(CO)C(O)C3OC(=O)c3ccccc3)OC(CO)C(OC(=O)c3ccccc3)C2O)C(O)C(O)C1O. The van der Waals surface area contributed by atoms with Crippen LogP contribution in [0.15, 0.2) is 60.7 Å². The lowest BCUT2D eigenvalue weighted by atomic mass is 9.96. The lowest BCUT2D eigenvalue weighted by Gasteiger charge is -2.48. The van der Waals surface area contributed by atoms with Gasteiger partial charge in [-0.15, -0.1) is 0 Å². The van der Waals surface area contributed by atoms with Crippen LogP contribution >= 0.6 is 0 Å². The third-order valence-corrected chi connectivity index (χ3v) is 9.15. The second kappa shape index (κ2) is 18.9. The van der Waals surface area contributed by atoms with Crippen LogP contribution in [0.4, 0.5) is 0 Å². The molecule has 3 aliphatic heterocycles. The van der Waals surface area contributed by atoms with Crippen molar-refractivity contribution in [3.63, 3.8) is 0 Å². The molecule has 308 valence electrons. The molecule has 0 spiro atoms. The lowest BCUT2D eigenvalue weighted by molar-refractivity contribution is -0.407. The molecule has 0 radical (unpaired) electrons. The van der Waals surface area contributed by atoms with Gasteiger partial charge in [-0.1, -0.05) is 36.4 Å². The van der Waals surface area contributed by atoms with Gasteiger partial charge in [-0.3, -0.25) is 9.59 Å². The third kappa shape index (κ3) is 9.68. The molecule has 7 N–H and O–H groups in total. The summed E-state index contributed by atoms with van der Waals surface area (Å²) in [6.45, 7) is -1.33. The summed E-state index contributed by atoms with van der Waals surface area (Å²) in [6, 6.07) is 15.0. The summed E-state index contributed by atoms with van der Waals surface area (Å²) in [5.74, 6) is -6.26. The van der Waals surface area contributed by atoms with Crippen molar-refractivity contribution in [2.75, 3.05) is 26.4 Å². The topological polar surface area (TPSA) is 293 Å². The van der Waals surface area contributed by atoms with Crippen LogP contribution in [-0.4, -0.2) is 172 Å². The van der Waals surface area contributed by atoms with Crippen LogP contribution in [-0.2, 0) is 52.2 Å². The van der Waals surface area contributed by atoms with Crippen molar-refractivity contribution in [1.82, 2.24) is 0 Å². The van der Waals surface area contributed by atoms with Crippen molar-refractivity contribution in [3.8, 4) is 0 Å². The van der Waals surface area contributed by atoms with Crippen molar-refractivity contribution in [1.29, 1.82) is 0 Å². The number of esters is 4. The summed E-state index contributed by atoms with van der Waals surface area (Å²) in [5.41, 5.74) is 0.0467. The quantitative estimate of drug-likeness (QED) is 0.0756. The Hall–Kier alpha value is -4.16. The van der Waals surface area contributed by atoms with E-state index in [2.05, 4.69) is 0 Å². The van der Waals surface area contributed by atoms with Gasteiger partial charge in [0, 0.05) is 13.8 Å². The van der Waals surface area contributed by atoms with Crippen molar-refractivity contribution in [2.24, 2.45) is 0 Å². The van der Waals surface area contributed by atoms with Gasteiger partial charge in [0.05, 0.1) is 24.3 Å². The van der Waals surface area contributed by atoms with Gasteiger partial charge >= 0.3 is 23.9 Å². The maximum Gasteiger partial charge on any atom is 0.338 e. The highest BCUT2D eigenvalue weighted by molar-refractivity contribution is 5.90. The first kappa shape index (κ1) is 43.0. The van der Waals surface area contributed by atoms with Crippen LogP contribution in [0.3, 0.4) is 0 Å². The molecule has 20 nitrogen and oxygen atoms in total. The molecule has 20 heteroatoms. The number of carbonyl (C=O) groups is 4. The predicted octanol–water partition coefficient (Wildman–Crippen LogP) is -2.70. The van der Waals surface area contributed by atoms with Gasteiger partial charge in [0.1, 0.15) is 68.1 Å². The molecule has 3 saturated heterocycles. The monoisotopic (exact) mass is 796 g/mol. The van der Waals surface area contributed by atoms with Crippen LogP contribution in [0.25, 0.3) is 0 Å². The van der Waals surface area contributed by atoms with E-state index in [0.29, 0.717) is 0 Å². The first-order chi connectivity index (χ1) is 26.7. The molecule has 3 aliphatic rings. The first-order valence-corrected chi connectivity index (χ1v) is 17.4. The largest absolute Gasteiger partial charge is 0.463 e. The highest BCUT2D eigenvalue weighted by Gasteiger charge is 2.63. The van der Waals surface area contributed by atoms with Gasteiger partial charge in [0.25, 0.3) is 0 Å². The Bertz CT molecular complexity index is 1630. The average molecular weight is 797 g/mol. The van der Waals surface area contributed by atoms with Crippen LogP contribution in [0, 0.1) is 0 Å². The second-order valence-corrected chi connectivity index (χ2v) is 13.1. The van der Waals surface area contributed by atoms with Gasteiger partial charge < -0.3 is 78.4 Å². The number of benzene rings is 2. The summed E-state index contributed by atoms with van der Waals surface area (Å²) in [7, 11) is 0. The van der Waals surface area contributed by atoms with Crippen LogP contribution in [0.5, 0.6) is 0 Å². The van der Waals surface area contributed by atoms with Crippen molar-refractivity contribution < 1.29 is 97.6 Å². The highest BCUT2D eigenvalue weighted by atomic mass is 16.8. The molecular formula is C36H44O20. The molecule has 3 heterocycles. The molecule has 56 heavy (non-hydrogen) atoms. The molecule has 0 saturated carbocycles. The van der Waals surface area contributed by atoms with Gasteiger partial charge in [-0.2, -0.15) is 0 Å². The number of rotatable bonds is 14. The molecule has 0 aliphatic carbocycles. The molecule has 5 rings (SSSR count).